The van der Waals surface area contributed by atoms with E-state index < -0.39 is 5.91 Å². The molecule has 5 heteroatoms. The van der Waals surface area contributed by atoms with Crippen molar-refractivity contribution in [3.8, 4) is 0 Å². The number of carbonyl (C=O) groups is 2. The predicted octanol–water partition coefficient (Wildman–Crippen LogP) is 2.44. The summed E-state index contributed by atoms with van der Waals surface area (Å²) in [5, 5.41) is 3.13. The van der Waals surface area contributed by atoms with E-state index >= 15 is 0 Å². The van der Waals surface area contributed by atoms with Gasteiger partial charge in [0.15, 0.2) is 0 Å². The summed E-state index contributed by atoms with van der Waals surface area (Å²) in [4.78, 5) is 26.4. The van der Waals surface area contributed by atoms with Crippen LogP contribution in [-0.4, -0.2) is 35.3 Å². The quantitative estimate of drug-likeness (QED) is 0.846. The molecule has 2 saturated carbocycles. The van der Waals surface area contributed by atoms with Crippen molar-refractivity contribution < 1.29 is 9.59 Å². The number of primary amides is 1. The number of hydrogen-bond donors (Lipinski definition) is 2. The van der Waals surface area contributed by atoms with Crippen molar-refractivity contribution in [2.24, 2.45) is 5.73 Å². The molecule has 2 aliphatic rings. The molecule has 0 aromatic heterocycles. The van der Waals surface area contributed by atoms with Crippen LogP contribution < -0.4 is 11.1 Å². The molecule has 1 aromatic rings. The third-order valence-electron chi connectivity index (χ3n) is 4.90. The Balaban J connectivity index is 1.68. The van der Waals surface area contributed by atoms with Crippen LogP contribution in [0.3, 0.4) is 0 Å². The number of nitrogens with zero attached hydrogens (tertiary/aromatic N) is 1. The van der Waals surface area contributed by atoms with Crippen LogP contribution in [0.15, 0.2) is 18.2 Å². The smallest absolute Gasteiger partial charge is 0.251 e. The molecule has 0 bridgehead atoms. The molecule has 0 spiro atoms. The number of anilines is 1. The molecule has 0 aliphatic heterocycles. The summed E-state index contributed by atoms with van der Waals surface area (Å²) in [7, 11) is 0. The summed E-state index contributed by atoms with van der Waals surface area (Å²) in [6, 6.07) is 6.36. The molecule has 5 nitrogen and oxygen atoms in total. The molecule has 0 unspecified atom stereocenters. The van der Waals surface area contributed by atoms with Gasteiger partial charge in [-0.25, -0.2) is 0 Å². The third kappa shape index (κ3) is 3.49. The second kappa shape index (κ2) is 6.60. The van der Waals surface area contributed by atoms with Gasteiger partial charge >= 0.3 is 0 Å². The largest absolute Gasteiger partial charge is 0.375 e. The summed E-state index contributed by atoms with van der Waals surface area (Å²) >= 11 is 0. The van der Waals surface area contributed by atoms with Crippen molar-refractivity contribution in [2.45, 2.75) is 57.5 Å². The Bertz CT molecular complexity index is 604. The standard InChI is InChI=1S/C18H25N3O2/c1-12-5-4-8-15(17(12)18(19)23)20-11-16(22)21(14-9-10-14)13-6-2-3-7-13/h4-5,8,13-14,20H,2-3,6-7,9-11H2,1H3,(H2,19,23). The minimum absolute atomic E-state index is 0.135. The van der Waals surface area contributed by atoms with Gasteiger partial charge in [0, 0.05) is 17.8 Å². The van der Waals surface area contributed by atoms with E-state index in [0.717, 1.165) is 31.2 Å². The molecule has 0 atom stereocenters. The van der Waals surface area contributed by atoms with Crippen LogP contribution in [0, 0.1) is 6.92 Å². The van der Waals surface area contributed by atoms with Gasteiger partial charge < -0.3 is 16.0 Å². The molecule has 3 rings (SSSR count). The molecule has 0 saturated heterocycles. The lowest BCUT2D eigenvalue weighted by Crippen LogP contribution is -2.43. The van der Waals surface area contributed by atoms with E-state index in [1.807, 2.05) is 19.1 Å². The number of nitrogens with one attached hydrogen (secondary N) is 1. The summed E-state index contributed by atoms with van der Waals surface area (Å²) in [5.74, 6) is -0.329. The predicted molar refractivity (Wildman–Crippen MR) is 90.3 cm³/mol. The zero-order valence-electron chi connectivity index (χ0n) is 13.7. The van der Waals surface area contributed by atoms with Crippen molar-refractivity contribution in [1.82, 2.24) is 4.90 Å². The number of rotatable bonds is 6. The lowest BCUT2D eigenvalue weighted by atomic mass is 10.1. The van der Waals surface area contributed by atoms with Crippen molar-refractivity contribution >= 4 is 17.5 Å². The molecular formula is C18H25N3O2. The van der Waals surface area contributed by atoms with Crippen LogP contribution in [0.5, 0.6) is 0 Å². The average molecular weight is 315 g/mol. The van der Waals surface area contributed by atoms with Gasteiger partial charge in [0.05, 0.1) is 12.1 Å². The topological polar surface area (TPSA) is 75.4 Å². The minimum Gasteiger partial charge on any atom is -0.375 e. The first-order valence-electron chi connectivity index (χ1n) is 8.52. The number of carbonyl (C=O) groups excluding carboxylic acids is 2. The molecule has 1 aromatic carbocycles. The molecule has 2 amide bonds. The van der Waals surface area contributed by atoms with Crippen molar-refractivity contribution in [3.05, 3.63) is 29.3 Å². The van der Waals surface area contributed by atoms with E-state index in [1.54, 1.807) is 6.07 Å². The first-order chi connectivity index (χ1) is 11.1. The summed E-state index contributed by atoms with van der Waals surface area (Å²) in [5.41, 5.74) is 7.41. The van der Waals surface area contributed by atoms with Gasteiger partial charge in [0.25, 0.3) is 5.91 Å². The van der Waals surface area contributed by atoms with Crippen LogP contribution in [-0.2, 0) is 4.79 Å². The van der Waals surface area contributed by atoms with Gasteiger partial charge in [-0.15, -0.1) is 0 Å². The van der Waals surface area contributed by atoms with E-state index in [4.69, 9.17) is 5.73 Å². The van der Waals surface area contributed by atoms with Crippen molar-refractivity contribution in [3.63, 3.8) is 0 Å². The Hall–Kier alpha value is -2.04. The van der Waals surface area contributed by atoms with Gasteiger partial charge in [0.2, 0.25) is 5.91 Å². The SMILES string of the molecule is Cc1cccc(NCC(=O)N(C2CCCC2)C2CC2)c1C(N)=O. The van der Waals surface area contributed by atoms with Gasteiger partial charge in [-0.1, -0.05) is 25.0 Å². The molecule has 2 aliphatic carbocycles. The first-order valence-corrected chi connectivity index (χ1v) is 8.52. The Kier molecular flexibility index (Phi) is 4.55. The lowest BCUT2D eigenvalue weighted by Gasteiger charge is -2.29. The van der Waals surface area contributed by atoms with Crippen molar-refractivity contribution in [2.75, 3.05) is 11.9 Å². The molecule has 2 fully saturated rings. The Labute approximate surface area is 137 Å². The molecular weight excluding hydrogens is 290 g/mol. The highest BCUT2D eigenvalue weighted by Gasteiger charge is 2.38. The monoisotopic (exact) mass is 315 g/mol. The van der Waals surface area contributed by atoms with E-state index in [2.05, 4.69) is 10.2 Å². The highest BCUT2D eigenvalue weighted by Crippen LogP contribution is 2.34. The second-order valence-corrected chi connectivity index (χ2v) is 6.69. The van der Waals surface area contributed by atoms with E-state index in [-0.39, 0.29) is 12.5 Å². The van der Waals surface area contributed by atoms with E-state index in [0.29, 0.717) is 23.3 Å². The maximum Gasteiger partial charge on any atom is 0.251 e. The number of benzene rings is 1. The van der Waals surface area contributed by atoms with Gasteiger partial charge in [-0.05, 0) is 44.2 Å². The fourth-order valence-corrected chi connectivity index (χ4v) is 3.64. The number of hydrogen-bond acceptors (Lipinski definition) is 3. The first kappa shape index (κ1) is 15.8. The summed E-state index contributed by atoms with van der Waals surface area (Å²) < 4.78 is 0. The highest BCUT2D eigenvalue weighted by molar-refractivity contribution is 6.00. The Morgan fingerprint density at radius 3 is 2.43 bits per heavy atom. The molecule has 0 heterocycles. The zero-order valence-corrected chi connectivity index (χ0v) is 13.7. The zero-order chi connectivity index (χ0) is 16.4. The van der Waals surface area contributed by atoms with Crippen LogP contribution in [0.1, 0.15) is 54.4 Å². The van der Waals surface area contributed by atoms with Gasteiger partial charge in [-0.3, -0.25) is 9.59 Å². The van der Waals surface area contributed by atoms with Gasteiger partial charge in [0.1, 0.15) is 0 Å². The van der Waals surface area contributed by atoms with Crippen LogP contribution in [0.2, 0.25) is 0 Å². The van der Waals surface area contributed by atoms with E-state index in [9.17, 15) is 9.59 Å². The normalized spacial score (nSPS) is 18.0. The summed E-state index contributed by atoms with van der Waals surface area (Å²) in [6.07, 6.45) is 6.94. The van der Waals surface area contributed by atoms with Gasteiger partial charge in [-0.2, -0.15) is 0 Å². The number of amides is 2. The number of aryl methyl sites for hydroxylation is 1. The Morgan fingerprint density at radius 1 is 1.17 bits per heavy atom. The minimum atomic E-state index is -0.465. The highest BCUT2D eigenvalue weighted by atomic mass is 16.2. The van der Waals surface area contributed by atoms with Crippen LogP contribution in [0.25, 0.3) is 0 Å². The third-order valence-corrected chi connectivity index (χ3v) is 4.90. The van der Waals surface area contributed by atoms with Crippen molar-refractivity contribution in [1.29, 1.82) is 0 Å². The molecule has 124 valence electrons. The molecule has 3 N–H and O–H groups in total. The fraction of sp³-hybridized carbons (Fsp3) is 0.556. The maximum absolute atomic E-state index is 12.7. The molecule has 0 radical (unpaired) electrons. The van der Waals surface area contributed by atoms with E-state index in [1.165, 1.54) is 12.8 Å². The Morgan fingerprint density at radius 2 is 1.83 bits per heavy atom. The number of nitrogens with two attached hydrogens (primary N) is 1. The second-order valence-electron chi connectivity index (χ2n) is 6.69. The average Bonchev–Trinajstić information content (AvgIpc) is 3.19. The fourth-order valence-electron chi connectivity index (χ4n) is 3.64. The lowest BCUT2D eigenvalue weighted by molar-refractivity contribution is -0.132. The summed E-state index contributed by atoms with van der Waals surface area (Å²) in [6.45, 7) is 2.07. The molecule has 23 heavy (non-hydrogen) atoms. The van der Waals surface area contributed by atoms with Crippen LogP contribution in [0.4, 0.5) is 5.69 Å². The maximum atomic E-state index is 12.7. The van der Waals surface area contributed by atoms with Crippen LogP contribution >= 0.6 is 0 Å².